The lowest BCUT2D eigenvalue weighted by Crippen LogP contribution is -2.44. The van der Waals surface area contributed by atoms with Gasteiger partial charge in [-0.3, -0.25) is 4.90 Å². The Hall–Kier alpha value is -0.860. The van der Waals surface area contributed by atoms with Crippen molar-refractivity contribution >= 4 is 29.9 Å². The monoisotopic (exact) mass is 458 g/mol. The fraction of sp³-hybridized carbons (Fsp3) is 0.632. The van der Waals surface area contributed by atoms with E-state index in [9.17, 15) is 0 Å². The van der Waals surface area contributed by atoms with Crippen molar-refractivity contribution in [3.63, 3.8) is 0 Å². The second kappa shape index (κ2) is 10.3. The van der Waals surface area contributed by atoms with Crippen molar-refractivity contribution in [2.24, 2.45) is 10.7 Å². The van der Waals surface area contributed by atoms with Crippen LogP contribution in [0.4, 0.5) is 0 Å². The maximum atomic E-state index is 6.08. The third-order valence-corrected chi connectivity index (χ3v) is 5.11. The predicted molar refractivity (Wildman–Crippen MR) is 113 cm³/mol. The van der Waals surface area contributed by atoms with Crippen molar-refractivity contribution in [2.75, 3.05) is 32.8 Å². The molecule has 0 bridgehead atoms. The van der Waals surface area contributed by atoms with Gasteiger partial charge in [-0.05, 0) is 37.4 Å². The molecule has 2 heterocycles. The molecule has 0 radical (unpaired) electrons. The van der Waals surface area contributed by atoms with Crippen molar-refractivity contribution in [1.82, 2.24) is 9.80 Å². The second-order valence-electron chi connectivity index (χ2n) is 6.91. The van der Waals surface area contributed by atoms with E-state index in [1.54, 1.807) is 0 Å². The highest BCUT2D eigenvalue weighted by Gasteiger charge is 2.18. The summed E-state index contributed by atoms with van der Waals surface area (Å²) >= 11 is 0. The topological polar surface area (TPSA) is 54.1 Å². The number of halogens is 1. The van der Waals surface area contributed by atoms with Crippen LogP contribution in [-0.2, 0) is 17.8 Å². The van der Waals surface area contributed by atoms with E-state index < -0.39 is 0 Å². The Bertz CT molecular complexity index is 543. The summed E-state index contributed by atoms with van der Waals surface area (Å²) in [6.07, 6.45) is 4.03. The van der Waals surface area contributed by atoms with E-state index in [4.69, 9.17) is 10.5 Å². The first kappa shape index (κ1) is 20.5. The number of morpholine rings is 1. The number of rotatable bonds is 4. The molecule has 140 valence electrons. The van der Waals surface area contributed by atoms with Crippen LogP contribution in [0.25, 0.3) is 0 Å². The fourth-order valence-electron chi connectivity index (χ4n) is 3.44. The molecule has 25 heavy (non-hydrogen) atoms. The third-order valence-electron chi connectivity index (χ3n) is 5.11. The molecular weight excluding hydrogens is 427 g/mol. The van der Waals surface area contributed by atoms with Crippen LogP contribution in [0.1, 0.15) is 37.3 Å². The van der Waals surface area contributed by atoms with E-state index in [0.29, 0.717) is 18.5 Å². The van der Waals surface area contributed by atoms with E-state index in [0.717, 1.165) is 32.8 Å². The SMILES string of the molecule is CC1CCCCN1Cc1ccc(CN=C(N)N2CCOCC2)cc1.I. The van der Waals surface area contributed by atoms with Crippen LogP contribution in [0.3, 0.4) is 0 Å². The van der Waals surface area contributed by atoms with Gasteiger partial charge in [-0.25, -0.2) is 4.99 Å². The second-order valence-corrected chi connectivity index (χ2v) is 6.91. The van der Waals surface area contributed by atoms with E-state index in [2.05, 4.69) is 46.0 Å². The normalized spacial score (nSPS) is 22.5. The Morgan fingerprint density at radius 1 is 1.12 bits per heavy atom. The predicted octanol–water partition coefficient (Wildman–Crippen LogP) is 2.83. The average Bonchev–Trinajstić information content (AvgIpc) is 2.63. The summed E-state index contributed by atoms with van der Waals surface area (Å²) in [6.45, 7) is 8.41. The first-order valence-corrected chi connectivity index (χ1v) is 9.17. The summed E-state index contributed by atoms with van der Waals surface area (Å²) in [5, 5.41) is 0. The van der Waals surface area contributed by atoms with Crippen LogP contribution in [0, 0.1) is 0 Å². The average molecular weight is 458 g/mol. The maximum absolute atomic E-state index is 6.08. The molecule has 2 N–H and O–H groups in total. The number of hydrogen-bond acceptors (Lipinski definition) is 3. The Morgan fingerprint density at radius 2 is 1.80 bits per heavy atom. The molecule has 2 aliphatic heterocycles. The molecular formula is C19H31IN4O. The molecule has 0 aliphatic carbocycles. The van der Waals surface area contributed by atoms with Crippen molar-refractivity contribution < 1.29 is 4.74 Å². The summed E-state index contributed by atoms with van der Waals surface area (Å²) in [4.78, 5) is 9.21. The van der Waals surface area contributed by atoms with Gasteiger partial charge in [-0.15, -0.1) is 24.0 Å². The van der Waals surface area contributed by atoms with Crippen LogP contribution in [0.5, 0.6) is 0 Å². The van der Waals surface area contributed by atoms with Gasteiger partial charge >= 0.3 is 0 Å². The van der Waals surface area contributed by atoms with Crippen LogP contribution >= 0.6 is 24.0 Å². The minimum atomic E-state index is 0. The van der Waals surface area contributed by atoms with Gasteiger partial charge in [-0.1, -0.05) is 30.7 Å². The van der Waals surface area contributed by atoms with Crippen LogP contribution in [0.15, 0.2) is 29.3 Å². The molecule has 1 aromatic carbocycles. The number of nitrogens with two attached hydrogens (primary N) is 1. The van der Waals surface area contributed by atoms with Gasteiger partial charge in [0, 0.05) is 25.7 Å². The first-order chi connectivity index (χ1) is 11.7. The molecule has 0 spiro atoms. The summed E-state index contributed by atoms with van der Waals surface area (Å²) in [5.74, 6) is 0.629. The van der Waals surface area contributed by atoms with E-state index in [1.807, 2.05) is 0 Å². The van der Waals surface area contributed by atoms with Gasteiger partial charge in [0.15, 0.2) is 5.96 Å². The fourth-order valence-corrected chi connectivity index (χ4v) is 3.44. The number of benzene rings is 1. The van der Waals surface area contributed by atoms with E-state index in [1.165, 1.54) is 36.9 Å². The van der Waals surface area contributed by atoms with Crippen molar-refractivity contribution in [2.45, 2.75) is 45.3 Å². The number of hydrogen-bond donors (Lipinski definition) is 1. The standard InChI is InChI=1S/C19H30N4O.HI/c1-16-4-2-3-9-23(16)15-18-7-5-17(6-8-18)14-21-19(20)22-10-12-24-13-11-22;/h5-8,16H,2-4,9-15H2,1H3,(H2,20,21);1H. The number of piperidine rings is 1. The van der Waals surface area contributed by atoms with Gasteiger partial charge in [0.2, 0.25) is 0 Å². The molecule has 2 saturated heterocycles. The zero-order chi connectivity index (χ0) is 16.8. The number of likely N-dealkylation sites (tertiary alicyclic amines) is 1. The van der Waals surface area contributed by atoms with Gasteiger partial charge in [0.05, 0.1) is 19.8 Å². The minimum Gasteiger partial charge on any atom is -0.378 e. The van der Waals surface area contributed by atoms with Crippen LogP contribution < -0.4 is 5.73 Å². The van der Waals surface area contributed by atoms with E-state index >= 15 is 0 Å². The summed E-state index contributed by atoms with van der Waals surface area (Å²) in [7, 11) is 0. The molecule has 0 amide bonds. The highest BCUT2D eigenvalue weighted by molar-refractivity contribution is 14.0. The largest absolute Gasteiger partial charge is 0.378 e. The number of guanidine groups is 1. The Balaban J connectivity index is 0.00000225. The number of aliphatic imine (C=N–C) groups is 1. The minimum absolute atomic E-state index is 0. The van der Waals surface area contributed by atoms with Crippen molar-refractivity contribution in [3.8, 4) is 0 Å². The smallest absolute Gasteiger partial charge is 0.191 e. The van der Waals surface area contributed by atoms with Crippen LogP contribution in [-0.4, -0.2) is 54.6 Å². The van der Waals surface area contributed by atoms with Gasteiger partial charge in [0.1, 0.15) is 0 Å². The zero-order valence-corrected chi connectivity index (χ0v) is 17.5. The third kappa shape index (κ3) is 6.11. The lowest BCUT2D eigenvalue weighted by atomic mass is 10.0. The summed E-state index contributed by atoms with van der Waals surface area (Å²) in [6, 6.07) is 9.53. The first-order valence-electron chi connectivity index (χ1n) is 9.17. The van der Waals surface area contributed by atoms with Gasteiger partial charge in [-0.2, -0.15) is 0 Å². The Kier molecular flexibility index (Phi) is 8.45. The molecule has 2 aliphatic rings. The molecule has 0 aromatic heterocycles. The molecule has 1 atom stereocenters. The molecule has 5 nitrogen and oxygen atoms in total. The quantitative estimate of drug-likeness (QED) is 0.429. The maximum Gasteiger partial charge on any atom is 0.191 e. The molecule has 3 rings (SSSR count). The molecule has 1 aromatic rings. The highest BCUT2D eigenvalue weighted by Crippen LogP contribution is 2.19. The molecule has 0 saturated carbocycles. The van der Waals surface area contributed by atoms with Crippen LogP contribution in [0.2, 0.25) is 0 Å². The van der Waals surface area contributed by atoms with Gasteiger partial charge < -0.3 is 15.4 Å². The summed E-state index contributed by atoms with van der Waals surface area (Å²) < 4.78 is 5.34. The lowest BCUT2D eigenvalue weighted by Gasteiger charge is -2.33. The Morgan fingerprint density at radius 3 is 2.48 bits per heavy atom. The van der Waals surface area contributed by atoms with Crippen molar-refractivity contribution in [1.29, 1.82) is 0 Å². The molecule has 1 unspecified atom stereocenters. The van der Waals surface area contributed by atoms with Crippen molar-refractivity contribution in [3.05, 3.63) is 35.4 Å². The number of ether oxygens (including phenoxy) is 1. The van der Waals surface area contributed by atoms with E-state index in [-0.39, 0.29) is 24.0 Å². The summed E-state index contributed by atoms with van der Waals surface area (Å²) in [5.41, 5.74) is 8.68. The molecule has 6 heteroatoms. The highest BCUT2D eigenvalue weighted by atomic mass is 127. The molecule has 2 fully saturated rings. The van der Waals surface area contributed by atoms with Gasteiger partial charge in [0.25, 0.3) is 0 Å². The lowest BCUT2D eigenvalue weighted by molar-refractivity contribution is 0.0674. The number of nitrogens with zero attached hydrogens (tertiary/aromatic N) is 3. The Labute approximate surface area is 168 Å². The zero-order valence-electron chi connectivity index (χ0n) is 15.2.